The Bertz CT molecular complexity index is 1930. The second-order valence-electron chi connectivity index (χ2n) is 12.2. The smallest absolute Gasteiger partial charge is 0.455 e. The van der Waals surface area contributed by atoms with E-state index in [1.165, 1.54) is 29.5 Å². The van der Waals surface area contributed by atoms with Crippen molar-refractivity contribution in [1.82, 2.24) is 34.4 Å². The number of carbonyl (C=O) groups excluding carboxylic acids is 1. The number of thioether (sulfide) groups is 1. The number of phosphoric ester groups is 2. The van der Waals surface area contributed by atoms with Gasteiger partial charge < -0.3 is 56.5 Å². The molecule has 6 heterocycles. The number of anilines is 2. The van der Waals surface area contributed by atoms with Crippen molar-refractivity contribution in [2.24, 2.45) is 5.73 Å². The molecule has 0 spiro atoms. The molecule has 3 aromatic heterocycles. The van der Waals surface area contributed by atoms with Crippen LogP contribution in [0.3, 0.4) is 0 Å². The first kappa shape index (κ1) is 39.6. The van der Waals surface area contributed by atoms with Crippen LogP contribution in [0.4, 0.5) is 11.6 Å². The van der Waals surface area contributed by atoms with Crippen LogP contribution in [-0.2, 0) is 41.7 Å². The number of ether oxygens (including phenoxy) is 3. The molecule has 3 aliphatic heterocycles. The van der Waals surface area contributed by atoms with Crippen LogP contribution >= 0.6 is 27.4 Å². The average molecular weight is 809 g/mol. The summed E-state index contributed by atoms with van der Waals surface area (Å²) in [6, 6.07) is 0.226. The van der Waals surface area contributed by atoms with Crippen molar-refractivity contribution in [2.75, 3.05) is 37.1 Å². The Hall–Kier alpha value is -3.13. The monoisotopic (exact) mass is 808 g/mol. The summed E-state index contributed by atoms with van der Waals surface area (Å²) in [6.07, 6.45) is -5.55. The molecule has 3 fully saturated rings. The Balaban J connectivity index is 1.17. The van der Waals surface area contributed by atoms with Gasteiger partial charge in [-0.25, -0.2) is 28.9 Å². The molecule has 11 N–H and O–H groups in total. The summed E-state index contributed by atoms with van der Waals surface area (Å²) < 4.78 is 59.5. The van der Waals surface area contributed by atoms with Gasteiger partial charge in [-0.3, -0.25) is 27.5 Å². The van der Waals surface area contributed by atoms with Crippen molar-refractivity contribution < 1.29 is 61.5 Å². The topological polar surface area (TPSA) is 356 Å². The van der Waals surface area contributed by atoms with Crippen LogP contribution in [0.25, 0.3) is 11.2 Å². The highest BCUT2D eigenvalue weighted by molar-refractivity contribution is 8.00. The summed E-state index contributed by atoms with van der Waals surface area (Å²) >= 11 is 1.70. The van der Waals surface area contributed by atoms with E-state index in [9.17, 15) is 38.5 Å². The van der Waals surface area contributed by atoms with Crippen molar-refractivity contribution in [2.45, 2.75) is 73.5 Å². The van der Waals surface area contributed by atoms with E-state index in [-0.39, 0.29) is 40.9 Å². The normalized spacial score (nSPS) is 29.4. The summed E-state index contributed by atoms with van der Waals surface area (Å²) in [5.74, 6) is -0.116. The largest absolute Gasteiger partial charge is 0.472 e. The average Bonchev–Trinajstić information content (AvgIpc) is 3.89. The van der Waals surface area contributed by atoms with Crippen molar-refractivity contribution >= 4 is 56.2 Å². The number of hydrogen-bond donors (Lipinski definition) is 8. The number of imidazole rings is 1. The predicted molar refractivity (Wildman–Crippen MR) is 181 cm³/mol. The number of aliphatic hydroxyl groups is 1. The number of rotatable bonds is 15. The maximum absolute atomic E-state index is 13.3. The lowest BCUT2D eigenvalue weighted by atomic mass is 10.1. The molecule has 0 aromatic carbocycles. The molecule has 24 nitrogen and oxygen atoms in total. The Morgan fingerprint density at radius 2 is 1.89 bits per heavy atom. The predicted octanol–water partition coefficient (Wildman–Crippen LogP) is -1.91. The highest BCUT2D eigenvalue weighted by atomic mass is 32.2. The van der Waals surface area contributed by atoms with Crippen LogP contribution in [0.5, 0.6) is 0 Å². The maximum atomic E-state index is 13.3. The van der Waals surface area contributed by atoms with E-state index in [1.54, 1.807) is 11.8 Å². The van der Waals surface area contributed by atoms with Gasteiger partial charge in [-0.05, 0) is 18.9 Å². The zero-order valence-corrected chi connectivity index (χ0v) is 30.1. The molecule has 0 aliphatic carbocycles. The van der Waals surface area contributed by atoms with Gasteiger partial charge in [-0.1, -0.05) is 0 Å². The van der Waals surface area contributed by atoms with Crippen LogP contribution < -0.4 is 28.2 Å². The third-order valence-electron chi connectivity index (χ3n) is 8.54. The Kier molecular flexibility index (Phi) is 12.2. The number of nitrogens with two attached hydrogens (primary N) is 3. The Morgan fingerprint density at radius 3 is 2.60 bits per heavy atom. The van der Waals surface area contributed by atoms with Gasteiger partial charge in [0.05, 0.1) is 19.5 Å². The van der Waals surface area contributed by atoms with Crippen molar-refractivity contribution in [1.29, 1.82) is 0 Å². The van der Waals surface area contributed by atoms with Gasteiger partial charge in [0, 0.05) is 30.3 Å². The molecule has 292 valence electrons. The third kappa shape index (κ3) is 9.58. The van der Waals surface area contributed by atoms with Gasteiger partial charge in [-0.2, -0.15) is 4.98 Å². The van der Waals surface area contributed by atoms with E-state index in [4.69, 9.17) is 40.5 Å². The first-order valence-electron chi connectivity index (χ1n) is 16.0. The molecule has 27 heteroatoms. The highest BCUT2D eigenvalue weighted by Crippen LogP contribution is 2.50. The molecule has 3 aromatic rings. The molecule has 10 atom stereocenters. The zero-order chi connectivity index (χ0) is 38.1. The van der Waals surface area contributed by atoms with Crippen molar-refractivity contribution in [3.05, 3.63) is 35.4 Å². The minimum Gasteiger partial charge on any atom is -0.455 e. The molecule has 3 aliphatic rings. The molecule has 3 saturated heterocycles. The second kappa shape index (κ2) is 16.3. The number of phosphoric acid groups is 2. The first-order chi connectivity index (χ1) is 25.1. The minimum atomic E-state index is -5.13. The lowest BCUT2D eigenvalue weighted by Gasteiger charge is -2.24. The van der Waals surface area contributed by atoms with Gasteiger partial charge in [0.25, 0.3) is 0 Å². The lowest BCUT2D eigenvalue weighted by molar-refractivity contribution is -0.158. The molecule has 6 rings (SSSR count). The van der Waals surface area contributed by atoms with Crippen molar-refractivity contribution in [3.63, 3.8) is 0 Å². The van der Waals surface area contributed by atoms with Gasteiger partial charge in [0.1, 0.15) is 54.3 Å². The van der Waals surface area contributed by atoms with E-state index in [1.807, 2.05) is 0 Å². The van der Waals surface area contributed by atoms with E-state index in [0.29, 0.717) is 6.42 Å². The summed E-state index contributed by atoms with van der Waals surface area (Å²) in [5.41, 5.74) is 17.1. The quantitative estimate of drug-likeness (QED) is 0.0613. The van der Waals surface area contributed by atoms with E-state index in [0.717, 1.165) is 17.0 Å². The summed E-state index contributed by atoms with van der Waals surface area (Å²) in [7, 11) is -10.2. The number of nitrogen functional groups attached to an aromatic ring is 2. The molecule has 0 amide bonds. The Morgan fingerprint density at radius 1 is 1.11 bits per heavy atom. The molecular weight excluding hydrogens is 770 g/mol. The first-order valence-corrected chi connectivity index (χ1v) is 20.1. The van der Waals surface area contributed by atoms with Crippen molar-refractivity contribution in [3.8, 4) is 0 Å². The number of esters is 1. The van der Waals surface area contributed by atoms with E-state index >= 15 is 0 Å². The number of hydrogen-bond acceptors (Lipinski definition) is 20. The summed E-state index contributed by atoms with van der Waals surface area (Å²) in [5, 5.41) is 14.9. The zero-order valence-electron chi connectivity index (χ0n) is 27.5. The van der Waals surface area contributed by atoms with Crippen LogP contribution in [-0.4, -0.2) is 122 Å². The minimum absolute atomic E-state index is 0.0456. The molecule has 0 bridgehead atoms. The lowest BCUT2D eigenvalue weighted by Crippen LogP contribution is -2.43. The molecule has 0 saturated carbocycles. The molecule has 3 unspecified atom stereocenters. The number of fused-ring (bicyclic) bond motifs is 1. The number of nitrogens with zero attached hydrogens (tertiary/aromatic N) is 6. The highest BCUT2D eigenvalue weighted by Gasteiger charge is 2.50. The van der Waals surface area contributed by atoms with Gasteiger partial charge in [-0.15, -0.1) is 11.8 Å². The van der Waals surface area contributed by atoms with Gasteiger partial charge >= 0.3 is 27.3 Å². The van der Waals surface area contributed by atoms with Gasteiger partial charge in [0.2, 0.25) is 0 Å². The fraction of sp³-hybridized carbons (Fsp3) is 0.615. The molecule has 53 heavy (non-hydrogen) atoms. The number of aliphatic hydroxyl groups excluding tert-OH is 1. The number of aromatic nitrogens is 6. The Labute approximate surface area is 303 Å². The number of carbonyl (C=O) groups is 1. The third-order valence-corrected chi connectivity index (χ3v) is 11.3. The standard InChI is InChI=1S/C26H38N10O14P2S/c27-13(2-1-12-6-30-11-53-12)25(38)49-21-16(48-24(20(21)37)36-10-33-19-22(29)31-9-32-23(19)36)8-46-52(43,44)50-14-5-18(35-4-3-17(28)34-26(35)39)47-15(14)7-45-51(40,41)42/h3-4,9-10,12-16,18,20-21,24,30,37H,1-2,5-8,11,27H2,(H,43,44)(H2,28,34,39)(H2,29,31,32)(H2,40,41,42)/t12-,13+,14-,15+,16-,18?,20+,21+,24?/m0/s1. The summed E-state index contributed by atoms with van der Waals surface area (Å²) in [4.78, 5) is 70.6. The van der Waals surface area contributed by atoms with Crippen LogP contribution in [0.1, 0.15) is 31.7 Å². The van der Waals surface area contributed by atoms with Crippen LogP contribution in [0.15, 0.2) is 29.7 Å². The number of nitrogens with one attached hydrogen (secondary N) is 1. The maximum Gasteiger partial charge on any atom is 0.472 e. The molecular formula is C26H38N10O14P2S. The molecule has 0 radical (unpaired) electrons. The SMILES string of the molecule is Nc1ccn(C2C[C@H](OP(=O)(O)OC[C@@H]3OC(n4cnc5c(N)ncnc54)[C@H](O)[C@@H]3OC(=O)[C@H](N)CC[C@H]3CNCS3)[C@@H](COP(=O)(O)O)O2)c(=O)n1. The van der Waals surface area contributed by atoms with Crippen LogP contribution in [0.2, 0.25) is 0 Å². The van der Waals surface area contributed by atoms with E-state index in [2.05, 4.69) is 29.8 Å². The fourth-order valence-electron chi connectivity index (χ4n) is 5.95. The van der Waals surface area contributed by atoms with E-state index < -0.39 is 89.5 Å². The van der Waals surface area contributed by atoms with Crippen LogP contribution in [0, 0.1) is 0 Å². The fourth-order valence-corrected chi connectivity index (χ4v) is 8.26. The second-order valence-corrected chi connectivity index (χ2v) is 16.1. The summed E-state index contributed by atoms with van der Waals surface area (Å²) in [6.45, 7) is -0.852. The van der Waals surface area contributed by atoms with Gasteiger partial charge in [0.15, 0.2) is 23.8 Å².